The van der Waals surface area contributed by atoms with Crippen molar-refractivity contribution >= 4 is 96.2 Å². The fraction of sp³-hybridized carbons (Fsp3) is 0.975. The number of phosphoric acid groups is 2. The first kappa shape index (κ1) is 90.1. The third-order valence-corrected chi connectivity index (χ3v) is 30.7. The maximum absolute atomic E-state index is 11.6. The van der Waals surface area contributed by atoms with Crippen LogP contribution in [0.2, 0.25) is 50.4 Å². The molecule has 0 fully saturated rings. The van der Waals surface area contributed by atoms with Crippen molar-refractivity contribution in [1.29, 1.82) is 0 Å². The van der Waals surface area contributed by atoms with E-state index in [0.717, 1.165) is 49.9 Å². The average Bonchev–Trinajstić information content (AvgIpc) is 3.40. The predicted octanol–water partition coefficient (Wildman–Crippen LogP) is -1.64. The maximum Gasteiger partial charge on any atom is 0.500 e. The van der Waals surface area contributed by atoms with Crippen LogP contribution in [0.15, 0.2) is 0 Å². The van der Waals surface area contributed by atoms with E-state index in [-0.39, 0.29) is 29.6 Å². The van der Waals surface area contributed by atoms with E-state index in [0.29, 0.717) is 61.1 Å². The van der Waals surface area contributed by atoms with E-state index >= 15 is 0 Å². The Bertz CT molecular complexity index is 1370. The zero-order valence-electron chi connectivity index (χ0n) is 51.8. The number of likely N-dealkylation sites (N-methyl/N-ethyl adjacent to an activating group) is 2. The van der Waals surface area contributed by atoms with Gasteiger partial charge in [-0.3, -0.25) is 9.13 Å². The highest BCUT2D eigenvalue weighted by Gasteiger charge is 2.39. The minimum absolute atomic E-state index is 0.0423. The van der Waals surface area contributed by atoms with Crippen LogP contribution in [0.1, 0.15) is 25.7 Å². The third kappa shape index (κ3) is 56.0. The number of quaternary nitrogens is 2. The molecule has 0 aromatic carbocycles. The van der Waals surface area contributed by atoms with E-state index in [1.807, 2.05) is 48.8 Å². The molecule has 78 heavy (non-hydrogen) atoms. The van der Waals surface area contributed by atoms with Gasteiger partial charge in [-0.2, -0.15) is 0 Å². The topological polar surface area (TPSA) is 344 Å². The second kappa shape index (κ2) is 55.7. The molecule has 0 bridgehead atoms. The average molecular weight is 1320 g/mol. The first-order chi connectivity index (χ1) is 36.5. The summed E-state index contributed by atoms with van der Waals surface area (Å²) in [7, 11) is 8.49. The zero-order chi connectivity index (χ0) is 61.7. The first-order valence-corrected chi connectivity index (χ1v) is 44.6. The molecule has 0 aliphatic rings. The van der Waals surface area contributed by atoms with Gasteiger partial charge in [-0.1, -0.05) is 26.2 Å². The van der Waals surface area contributed by atoms with Gasteiger partial charge in [0.15, 0.2) is 9.76 Å². The zero-order valence-corrected chi connectivity index (χ0v) is 63.3. The number of carbonyl (C=O) groups excluding carboxylic acids is 1. The molecule has 0 aromatic rings. The van der Waals surface area contributed by atoms with Crippen molar-refractivity contribution < 1.29 is 107 Å². The summed E-state index contributed by atoms with van der Waals surface area (Å²) >= 11 is 0. The van der Waals surface area contributed by atoms with Crippen molar-refractivity contribution in [2.24, 2.45) is 17.2 Å². The molecular weight excluding hydrogens is 1200 g/mol. The monoisotopic (exact) mass is 1320 g/mol. The lowest BCUT2D eigenvalue weighted by molar-refractivity contribution is -0.870. The normalized spacial score (nSPS) is 14.2. The summed E-state index contributed by atoms with van der Waals surface area (Å²) < 4.78 is 111. The summed E-state index contributed by atoms with van der Waals surface area (Å²) in [4.78, 5) is 32.3. The number of carbonyl (C=O) groups is 1. The predicted molar refractivity (Wildman–Crippen MR) is 323 cm³/mol. The number of phosphoric ester groups is 2. The molecule has 0 heterocycles. The fourth-order valence-corrected chi connectivity index (χ4v) is 22.0. The molecule has 0 aliphatic carbocycles. The van der Waals surface area contributed by atoms with Gasteiger partial charge in [0.1, 0.15) is 68.5 Å². The van der Waals surface area contributed by atoms with Gasteiger partial charge in [0.05, 0.1) is 48.9 Å². The summed E-state index contributed by atoms with van der Waals surface area (Å²) in [5.74, 6) is 0. The fourth-order valence-electron chi connectivity index (χ4n) is 5.44. The Morgan fingerprint density at radius 2 is 0.744 bits per heavy atom. The molecule has 0 spiro atoms. The minimum atomic E-state index is -4.29. The van der Waals surface area contributed by atoms with Crippen LogP contribution in [-0.4, -0.2) is 275 Å². The standard InChI is InChI=1S/C13H35N2O7PSi2.C7H16NO5P.2C6H19NO3Si2.C6H17NO3Si.C2H8OSi/c1-15(2,3)10-12-21-23(16,17)20-11-9-14-8-7-13-25(18-4,19-5)22-24-6;1-8(2,3)4-6-12-14(10,11)13-7-5-9;2*1-8-12(9-2,10-11-3)6-4-5-7;1-8-11(9-2,10-3)6-4-5-7;1-3-4-2/h14H,7-13,24H2,1-6H3;5H,4,6-7H2,1-3H3;2*4-7,11H2,1-3H3;4-7H2,1-3H3;4H2,1-2H3. The number of nitrogens with one attached hydrogen (secondary N) is 1. The molecule has 0 amide bonds. The van der Waals surface area contributed by atoms with Gasteiger partial charge in [-0.15, -0.1) is 0 Å². The van der Waals surface area contributed by atoms with E-state index in [4.69, 9.17) is 78.4 Å². The van der Waals surface area contributed by atoms with Crippen LogP contribution in [0.5, 0.6) is 0 Å². The number of hydrogen-bond acceptors (Lipinski definition) is 26. The molecule has 0 saturated carbocycles. The van der Waals surface area contributed by atoms with Gasteiger partial charge in [0.25, 0.3) is 15.6 Å². The van der Waals surface area contributed by atoms with Crippen molar-refractivity contribution in [3.8, 4) is 0 Å². The maximum atomic E-state index is 11.6. The number of hydrogen-bond donors (Lipinski definition) is 4. The molecule has 0 aromatic heterocycles. The highest BCUT2D eigenvalue weighted by molar-refractivity contribution is 7.46. The molecule has 2 unspecified atom stereocenters. The summed E-state index contributed by atoms with van der Waals surface area (Å²) in [6.07, 6.45) is 3.86. The van der Waals surface area contributed by atoms with Crippen molar-refractivity contribution in [2.75, 3.05) is 186 Å². The lowest BCUT2D eigenvalue weighted by atomic mass is 10.5. The van der Waals surface area contributed by atoms with Gasteiger partial charge < -0.3 is 121 Å². The van der Waals surface area contributed by atoms with E-state index < -0.39 is 86.8 Å². The molecule has 2 atom stereocenters. The molecule has 0 rings (SSSR count). The van der Waals surface area contributed by atoms with E-state index in [1.165, 1.54) is 0 Å². The molecule has 0 saturated heterocycles. The van der Waals surface area contributed by atoms with Crippen LogP contribution in [0, 0.1) is 0 Å². The Morgan fingerprint density at radius 1 is 0.462 bits per heavy atom. The number of aldehydes is 1. The number of nitrogens with two attached hydrogens (primary N) is 3. The second-order valence-electron chi connectivity index (χ2n) is 17.9. The second-order valence-corrected chi connectivity index (χ2v) is 38.2. The largest absolute Gasteiger partial charge is 0.756 e. The highest BCUT2D eigenvalue weighted by atomic mass is 31.2. The van der Waals surface area contributed by atoms with Gasteiger partial charge in [0.2, 0.25) is 0 Å². The molecule has 7 N–H and O–H groups in total. The quantitative estimate of drug-likeness (QED) is 0.0175. The van der Waals surface area contributed by atoms with Crippen molar-refractivity contribution in [2.45, 2.75) is 76.0 Å². The lowest BCUT2D eigenvalue weighted by Gasteiger charge is -2.27. The van der Waals surface area contributed by atoms with Gasteiger partial charge in [-0.05, 0) is 51.9 Å². The van der Waals surface area contributed by atoms with Gasteiger partial charge in [-0.25, -0.2) is 0 Å². The highest BCUT2D eigenvalue weighted by Crippen LogP contribution is 2.38. The van der Waals surface area contributed by atoms with Crippen LogP contribution in [0.3, 0.4) is 0 Å². The van der Waals surface area contributed by atoms with Crippen LogP contribution in [0.4, 0.5) is 0 Å². The Balaban J connectivity index is -0.000000212. The van der Waals surface area contributed by atoms with Crippen LogP contribution in [-0.2, 0) is 88.6 Å². The molecular formula is C40H114N6O22P2Si8. The summed E-state index contributed by atoms with van der Waals surface area (Å²) in [5.41, 5.74) is 16.2. The Labute approximate surface area is 485 Å². The summed E-state index contributed by atoms with van der Waals surface area (Å²) in [6, 6.07) is 3.17. The smallest absolute Gasteiger partial charge is 0.500 e. The first-order valence-electron chi connectivity index (χ1n) is 25.9. The molecule has 38 heteroatoms. The molecule has 0 aliphatic heterocycles. The van der Waals surface area contributed by atoms with Crippen molar-refractivity contribution in [3.05, 3.63) is 0 Å². The molecule has 478 valence electrons. The van der Waals surface area contributed by atoms with Crippen molar-refractivity contribution in [1.82, 2.24) is 5.32 Å². The third-order valence-electron chi connectivity index (χ3n) is 9.93. The SMILES string of the molecule is CO[SiH2]C.CO[Si](CCCN)(OC)OC.CO[Si](CCCN)(OC)O[SiH2]C.CO[Si](CCCN)(OC)O[SiH2]C.CO[Si](CCCNCCOP(=O)([O-])OCC[N+](C)(C)C)(OC)O[SiH2]C.C[N+](C)(C)CCOP(=O)([O-])OCC=O. The Morgan fingerprint density at radius 3 is 1.00 bits per heavy atom. The minimum Gasteiger partial charge on any atom is -0.756 e. The van der Waals surface area contributed by atoms with Crippen LogP contribution >= 0.6 is 15.6 Å². The number of nitrogens with zero attached hydrogens (tertiary/aromatic N) is 2. The Kier molecular flexibility index (Phi) is 64.3. The van der Waals surface area contributed by atoms with Gasteiger partial charge in [0, 0.05) is 102 Å². The number of rotatable bonds is 44. The lowest BCUT2D eigenvalue weighted by Crippen LogP contribution is -2.45. The van der Waals surface area contributed by atoms with Gasteiger partial charge >= 0.3 is 35.2 Å². The molecule has 28 nitrogen and oxygen atoms in total. The van der Waals surface area contributed by atoms with Crippen molar-refractivity contribution in [3.63, 3.8) is 0 Å². The summed E-state index contributed by atoms with van der Waals surface area (Å²) in [5, 5.41) is 3.12. The van der Waals surface area contributed by atoms with E-state index in [9.17, 15) is 23.7 Å². The van der Waals surface area contributed by atoms with E-state index in [1.54, 1.807) is 71.1 Å². The van der Waals surface area contributed by atoms with Crippen LogP contribution < -0.4 is 32.3 Å². The van der Waals surface area contributed by atoms with Crippen LogP contribution in [0.25, 0.3) is 0 Å². The van der Waals surface area contributed by atoms with E-state index in [2.05, 4.69) is 38.4 Å². The Hall–Kier alpha value is 0.865. The molecule has 0 radical (unpaired) electrons. The summed E-state index contributed by atoms with van der Waals surface area (Å²) in [6.45, 7) is 12.2.